The van der Waals surface area contributed by atoms with E-state index in [9.17, 15) is 8.42 Å². The number of hydrogen-bond donors (Lipinski definition) is 0. The normalized spacial score (nSPS) is 12.0. The largest absolute Gasteiger partial charge is 0.214 e. The molecule has 0 saturated carbocycles. The zero-order chi connectivity index (χ0) is 12.9. The molecule has 3 nitrogen and oxygen atoms in total. The number of halogens is 1. The monoisotopic (exact) mass is 275 g/mol. The van der Waals surface area contributed by atoms with E-state index in [0.29, 0.717) is 18.8 Å². The lowest BCUT2D eigenvalue weighted by atomic mass is 10.1. The highest BCUT2D eigenvalue weighted by Gasteiger charge is 2.17. The molecule has 0 atom stereocenters. The van der Waals surface area contributed by atoms with Gasteiger partial charge in [-0.15, -0.1) is 11.6 Å². The molecular formula is C12H18ClNO2S. The molecule has 0 amide bonds. The number of rotatable bonds is 6. The minimum absolute atomic E-state index is 0.110. The van der Waals surface area contributed by atoms with E-state index in [0.717, 1.165) is 11.1 Å². The van der Waals surface area contributed by atoms with Crippen LogP contribution in [0, 0.1) is 6.92 Å². The van der Waals surface area contributed by atoms with Crippen LogP contribution < -0.4 is 0 Å². The lowest BCUT2D eigenvalue weighted by molar-refractivity contribution is 0.465. The molecule has 0 spiro atoms. The van der Waals surface area contributed by atoms with Crippen LogP contribution in [0.3, 0.4) is 0 Å². The molecule has 0 bridgehead atoms. The standard InChI is InChI=1S/C12H18ClNO2S/c1-11-6-3-4-7-12(11)10-14(2)17(15,16)9-5-8-13/h3-4,6-7H,5,8-10H2,1-2H3. The Morgan fingerprint density at radius 3 is 2.53 bits per heavy atom. The summed E-state index contributed by atoms with van der Waals surface area (Å²) in [5.74, 6) is 0.482. The number of hydrogen-bond acceptors (Lipinski definition) is 2. The van der Waals surface area contributed by atoms with Crippen molar-refractivity contribution in [2.24, 2.45) is 0 Å². The van der Waals surface area contributed by atoms with Crippen molar-refractivity contribution in [3.05, 3.63) is 35.4 Å². The Hall–Kier alpha value is -0.580. The van der Waals surface area contributed by atoms with Crippen molar-refractivity contribution in [1.82, 2.24) is 4.31 Å². The first-order valence-electron chi connectivity index (χ1n) is 5.52. The highest BCUT2D eigenvalue weighted by Crippen LogP contribution is 2.12. The third-order valence-electron chi connectivity index (χ3n) is 2.67. The molecule has 0 aliphatic rings. The van der Waals surface area contributed by atoms with Gasteiger partial charge in [0, 0.05) is 19.5 Å². The average Bonchev–Trinajstić information content (AvgIpc) is 2.29. The quantitative estimate of drug-likeness (QED) is 0.748. The molecule has 0 aliphatic heterocycles. The van der Waals surface area contributed by atoms with Crippen molar-refractivity contribution < 1.29 is 8.42 Å². The summed E-state index contributed by atoms with van der Waals surface area (Å²) in [5, 5.41) is 0. The summed E-state index contributed by atoms with van der Waals surface area (Å²) >= 11 is 5.51. The van der Waals surface area contributed by atoms with Crippen molar-refractivity contribution in [2.75, 3.05) is 18.7 Å². The molecule has 96 valence electrons. The first-order valence-corrected chi connectivity index (χ1v) is 7.66. The third kappa shape index (κ3) is 4.30. The zero-order valence-corrected chi connectivity index (χ0v) is 11.8. The van der Waals surface area contributed by atoms with Crippen LogP contribution in [0.1, 0.15) is 17.5 Å². The van der Waals surface area contributed by atoms with Crippen LogP contribution >= 0.6 is 11.6 Å². The van der Waals surface area contributed by atoms with Crippen LogP contribution in [0.5, 0.6) is 0 Å². The Bertz CT molecular complexity index is 459. The fraction of sp³-hybridized carbons (Fsp3) is 0.500. The predicted octanol–water partition coefficient (Wildman–Crippen LogP) is 2.39. The Labute approximate surface area is 108 Å². The summed E-state index contributed by atoms with van der Waals surface area (Å²) in [6, 6.07) is 7.79. The van der Waals surface area contributed by atoms with Gasteiger partial charge in [0.1, 0.15) is 0 Å². The first kappa shape index (κ1) is 14.5. The minimum atomic E-state index is -3.19. The van der Waals surface area contributed by atoms with Crippen LogP contribution in [0.2, 0.25) is 0 Å². The van der Waals surface area contributed by atoms with E-state index >= 15 is 0 Å². The first-order chi connectivity index (χ1) is 7.97. The summed E-state index contributed by atoms with van der Waals surface area (Å²) in [7, 11) is -1.58. The summed E-state index contributed by atoms with van der Waals surface area (Å²) in [5.41, 5.74) is 2.14. The van der Waals surface area contributed by atoms with Crippen molar-refractivity contribution in [1.29, 1.82) is 0 Å². The molecule has 0 unspecified atom stereocenters. The van der Waals surface area contributed by atoms with Gasteiger partial charge in [0.05, 0.1) is 5.75 Å². The summed E-state index contributed by atoms with van der Waals surface area (Å²) in [6.45, 7) is 2.39. The molecule has 17 heavy (non-hydrogen) atoms. The van der Waals surface area contributed by atoms with E-state index in [-0.39, 0.29) is 5.75 Å². The summed E-state index contributed by atoms with van der Waals surface area (Å²) in [6.07, 6.45) is 0.488. The molecule has 0 aromatic heterocycles. The van der Waals surface area contributed by atoms with E-state index in [1.807, 2.05) is 31.2 Å². The van der Waals surface area contributed by atoms with Gasteiger partial charge in [0.25, 0.3) is 0 Å². The molecule has 1 aromatic carbocycles. The molecule has 5 heteroatoms. The molecule has 0 saturated heterocycles. The van der Waals surface area contributed by atoms with Gasteiger partial charge in [0.15, 0.2) is 0 Å². The Kier molecular flexibility index (Phi) is 5.43. The van der Waals surface area contributed by atoms with Gasteiger partial charge in [-0.05, 0) is 24.5 Å². The molecule has 0 radical (unpaired) electrons. The fourth-order valence-electron chi connectivity index (χ4n) is 1.52. The Morgan fingerprint density at radius 1 is 1.29 bits per heavy atom. The van der Waals surface area contributed by atoms with Crippen LogP contribution in [-0.4, -0.2) is 31.4 Å². The van der Waals surface area contributed by atoms with Crippen molar-refractivity contribution in [3.8, 4) is 0 Å². The fourth-order valence-corrected chi connectivity index (χ4v) is 2.97. The van der Waals surface area contributed by atoms with Crippen molar-refractivity contribution in [2.45, 2.75) is 19.9 Å². The number of sulfonamides is 1. The van der Waals surface area contributed by atoms with Crippen molar-refractivity contribution in [3.63, 3.8) is 0 Å². The van der Waals surface area contributed by atoms with E-state index in [1.165, 1.54) is 4.31 Å². The maximum absolute atomic E-state index is 11.9. The summed E-state index contributed by atoms with van der Waals surface area (Å²) < 4.78 is 25.1. The number of nitrogens with zero attached hydrogens (tertiary/aromatic N) is 1. The number of benzene rings is 1. The molecule has 0 aliphatic carbocycles. The summed E-state index contributed by atoms with van der Waals surface area (Å²) in [4.78, 5) is 0. The maximum atomic E-state index is 11.9. The topological polar surface area (TPSA) is 37.4 Å². The highest BCUT2D eigenvalue weighted by atomic mass is 35.5. The minimum Gasteiger partial charge on any atom is -0.212 e. The molecule has 0 heterocycles. The number of aryl methyl sites for hydroxylation is 1. The van der Waals surface area contributed by atoms with Gasteiger partial charge in [-0.1, -0.05) is 24.3 Å². The van der Waals surface area contributed by atoms with Crippen molar-refractivity contribution >= 4 is 21.6 Å². The molecular weight excluding hydrogens is 258 g/mol. The molecule has 1 aromatic rings. The Morgan fingerprint density at radius 2 is 1.94 bits per heavy atom. The van der Waals surface area contributed by atoms with Crippen LogP contribution in [0.4, 0.5) is 0 Å². The van der Waals surface area contributed by atoms with E-state index in [1.54, 1.807) is 7.05 Å². The lowest BCUT2D eigenvalue weighted by Crippen LogP contribution is -2.29. The Balaban J connectivity index is 2.72. The van der Waals surface area contributed by atoms with Gasteiger partial charge in [-0.3, -0.25) is 0 Å². The molecule has 0 N–H and O–H groups in total. The van der Waals surface area contributed by atoms with E-state index in [4.69, 9.17) is 11.6 Å². The maximum Gasteiger partial charge on any atom is 0.214 e. The lowest BCUT2D eigenvalue weighted by Gasteiger charge is -2.18. The number of alkyl halides is 1. The second-order valence-electron chi connectivity index (χ2n) is 4.04. The van der Waals surface area contributed by atoms with E-state index < -0.39 is 10.0 Å². The predicted molar refractivity (Wildman–Crippen MR) is 71.8 cm³/mol. The van der Waals surface area contributed by atoms with Gasteiger partial charge in [-0.2, -0.15) is 0 Å². The van der Waals surface area contributed by atoms with Crippen LogP contribution in [0.15, 0.2) is 24.3 Å². The smallest absolute Gasteiger partial charge is 0.212 e. The average molecular weight is 276 g/mol. The molecule has 1 rings (SSSR count). The van der Waals surface area contributed by atoms with Gasteiger partial charge >= 0.3 is 0 Å². The van der Waals surface area contributed by atoms with Crippen LogP contribution in [0.25, 0.3) is 0 Å². The second-order valence-corrected chi connectivity index (χ2v) is 6.61. The SMILES string of the molecule is Cc1ccccc1CN(C)S(=O)(=O)CCCCl. The van der Waals surface area contributed by atoms with Gasteiger partial charge < -0.3 is 0 Å². The van der Waals surface area contributed by atoms with Crippen LogP contribution in [-0.2, 0) is 16.6 Å². The second kappa shape index (κ2) is 6.38. The van der Waals surface area contributed by atoms with E-state index in [2.05, 4.69) is 0 Å². The molecule has 0 fully saturated rings. The van der Waals surface area contributed by atoms with Gasteiger partial charge in [-0.25, -0.2) is 12.7 Å². The zero-order valence-electron chi connectivity index (χ0n) is 10.2. The third-order valence-corrected chi connectivity index (χ3v) is 4.82. The highest BCUT2D eigenvalue weighted by molar-refractivity contribution is 7.89. The van der Waals surface area contributed by atoms with Gasteiger partial charge in [0.2, 0.25) is 10.0 Å².